The SMILES string of the molecule is CCc1c(N)ncnc1N1CCN(CC)C(C)C1. The van der Waals surface area contributed by atoms with Crippen molar-refractivity contribution in [3.05, 3.63) is 11.9 Å². The molecule has 2 rings (SSSR count). The molecule has 1 saturated heterocycles. The largest absolute Gasteiger partial charge is 0.383 e. The van der Waals surface area contributed by atoms with Gasteiger partial charge in [-0.25, -0.2) is 9.97 Å². The number of nitrogen functional groups attached to an aromatic ring is 1. The molecular weight excluding hydrogens is 226 g/mol. The summed E-state index contributed by atoms with van der Waals surface area (Å²) in [6.45, 7) is 10.8. The zero-order chi connectivity index (χ0) is 13.1. The molecule has 0 radical (unpaired) electrons. The van der Waals surface area contributed by atoms with Crippen LogP contribution in [0.1, 0.15) is 26.3 Å². The molecule has 0 spiro atoms. The second-order valence-electron chi connectivity index (χ2n) is 4.84. The highest BCUT2D eigenvalue weighted by Gasteiger charge is 2.25. The van der Waals surface area contributed by atoms with Gasteiger partial charge in [-0.1, -0.05) is 13.8 Å². The Bertz CT molecular complexity index is 406. The summed E-state index contributed by atoms with van der Waals surface area (Å²) in [5, 5.41) is 0. The molecule has 18 heavy (non-hydrogen) atoms. The Morgan fingerprint density at radius 1 is 1.33 bits per heavy atom. The second kappa shape index (κ2) is 5.52. The van der Waals surface area contributed by atoms with Crippen molar-refractivity contribution in [2.45, 2.75) is 33.2 Å². The van der Waals surface area contributed by atoms with Gasteiger partial charge >= 0.3 is 0 Å². The van der Waals surface area contributed by atoms with Crippen LogP contribution in [0, 0.1) is 0 Å². The van der Waals surface area contributed by atoms with Crippen molar-refractivity contribution in [1.29, 1.82) is 0 Å². The summed E-state index contributed by atoms with van der Waals surface area (Å²) >= 11 is 0. The minimum Gasteiger partial charge on any atom is -0.383 e. The van der Waals surface area contributed by atoms with Gasteiger partial charge in [0.15, 0.2) is 0 Å². The van der Waals surface area contributed by atoms with E-state index in [4.69, 9.17) is 5.73 Å². The van der Waals surface area contributed by atoms with Gasteiger partial charge in [0.1, 0.15) is 18.0 Å². The number of hydrogen-bond acceptors (Lipinski definition) is 5. The molecule has 1 aromatic rings. The van der Waals surface area contributed by atoms with Gasteiger partial charge in [-0.05, 0) is 19.9 Å². The average molecular weight is 249 g/mol. The molecule has 0 aliphatic carbocycles. The predicted octanol–water partition coefficient (Wildman–Crippen LogP) is 1.15. The maximum absolute atomic E-state index is 5.94. The highest BCUT2D eigenvalue weighted by atomic mass is 15.3. The first-order valence-electron chi connectivity index (χ1n) is 6.75. The van der Waals surface area contributed by atoms with Gasteiger partial charge in [-0.3, -0.25) is 4.90 Å². The third kappa shape index (κ3) is 2.41. The van der Waals surface area contributed by atoms with Crippen molar-refractivity contribution in [1.82, 2.24) is 14.9 Å². The van der Waals surface area contributed by atoms with Crippen LogP contribution in [0.3, 0.4) is 0 Å². The van der Waals surface area contributed by atoms with E-state index in [2.05, 4.69) is 40.5 Å². The number of anilines is 2. The van der Waals surface area contributed by atoms with Gasteiger partial charge in [0.05, 0.1) is 0 Å². The summed E-state index contributed by atoms with van der Waals surface area (Å²) in [5.74, 6) is 1.64. The molecule has 5 heteroatoms. The van der Waals surface area contributed by atoms with Crippen molar-refractivity contribution in [2.75, 3.05) is 36.8 Å². The Morgan fingerprint density at radius 2 is 2.11 bits per heavy atom. The highest BCUT2D eigenvalue weighted by Crippen LogP contribution is 2.24. The van der Waals surface area contributed by atoms with Gasteiger partial charge in [0, 0.05) is 31.2 Å². The molecule has 0 saturated carbocycles. The summed E-state index contributed by atoms with van der Waals surface area (Å²) in [5.41, 5.74) is 7.02. The van der Waals surface area contributed by atoms with Crippen LogP contribution in [0.25, 0.3) is 0 Å². The fraction of sp³-hybridized carbons (Fsp3) is 0.692. The van der Waals surface area contributed by atoms with E-state index in [1.807, 2.05) is 0 Å². The summed E-state index contributed by atoms with van der Waals surface area (Å²) in [4.78, 5) is 13.4. The van der Waals surface area contributed by atoms with E-state index in [0.29, 0.717) is 11.9 Å². The minimum absolute atomic E-state index is 0.560. The van der Waals surface area contributed by atoms with Crippen molar-refractivity contribution < 1.29 is 0 Å². The Morgan fingerprint density at radius 3 is 2.72 bits per heavy atom. The molecule has 2 heterocycles. The Hall–Kier alpha value is -1.36. The first kappa shape index (κ1) is 13.1. The highest BCUT2D eigenvalue weighted by molar-refractivity contribution is 5.56. The van der Waals surface area contributed by atoms with Gasteiger partial charge in [0.25, 0.3) is 0 Å². The van der Waals surface area contributed by atoms with E-state index in [1.165, 1.54) is 0 Å². The second-order valence-corrected chi connectivity index (χ2v) is 4.84. The molecule has 1 fully saturated rings. The van der Waals surface area contributed by atoms with Crippen LogP contribution in [0.5, 0.6) is 0 Å². The van der Waals surface area contributed by atoms with Crippen LogP contribution >= 0.6 is 0 Å². The summed E-state index contributed by atoms with van der Waals surface area (Å²) in [6.07, 6.45) is 2.45. The first-order valence-corrected chi connectivity index (χ1v) is 6.75. The molecule has 1 aliphatic heterocycles. The molecular formula is C13H23N5. The van der Waals surface area contributed by atoms with Gasteiger partial charge in [0.2, 0.25) is 0 Å². The van der Waals surface area contributed by atoms with E-state index >= 15 is 0 Å². The number of nitrogens with zero attached hydrogens (tertiary/aromatic N) is 4. The van der Waals surface area contributed by atoms with Crippen LogP contribution in [0.4, 0.5) is 11.6 Å². The predicted molar refractivity (Wildman–Crippen MR) is 74.7 cm³/mol. The molecule has 1 unspecified atom stereocenters. The molecule has 1 aromatic heterocycles. The number of hydrogen-bond donors (Lipinski definition) is 1. The van der Waals surface area contributed by atoms with Gasteiger partial charge < -0.3 is 10.6 Å². The lowest BCUT2D eigenvalue weighted by Crippen LogP contribution is -2.52. The van der Waals surface area contributed by atoms with Crippen LogP contribution in [0.15, 0.2) is 6.33 Å². The van der Waals surface area contributed by atoms with Crippen molar-refractivity contribution in [2.24, 2.45) is 0 Å². The van der Waals surface area contributed by atoms with E-state index in [0.717, 1.165) is 44.0 Å². The standard InChI is InChI=1S/C13H23N5/c1-4-11-12(14)15-9-16-13(11)18-7-6-17(5-2)10(3)8-18/h9-10H,4-8H2,1-3H3,(H2,14,15,16). The summed E-state index contributed by atoms with van der Waals surface area (Å²) in [6, 6.07) is 0.560. The number of piperazine rings is 1. The zero-order valence-corrected chi connectivity index (χ0v) is 11.6. The van der Waals surface area contributed by atoms with Gasteiger partial charge in [-0.15, -0.1) is 0 Å². The van der Waals surface area contributed by atoms with E-state index in [1.54, 1.807) is 6.33 Å². The number of likely N-dealkylation sites (N-methyl/N-ethyl adjacent to an activating group) is 1. The zero-order valence-electron chi connectivity index (χ0n) is 11.6. The van der Waals surface area contributed by atoms with E-state index in [-0.39, 0.29) is 0 Å². The molecule has 0 bridgehead atoms. The smallest absolute Gasteiger partial charge is 0.137 e. The molecule has 1 aliphatic rings. The molecule has 0 amide bonds. The maximum Gasteiger partial charge on any atom is 0.137 e. The van der Waals surface area contributed by atoms with Gasteiger partial charge in [-0.2, -0.15) is 0 Å². The molecule has 0 aromatic carbocycles. The van der Waals surface area contributed by atoms with Crippen LogP contribution in [-0.2, 0) is 6.42 Å². The van der Waals surface area contributed by atoms with Crippen LogP contribution in [0.2, 0.25) is 0 Å². The maximum atomic E-state index is 5.94. The lowest BCUT2D eigenvalue weighted by molar-refractivity contribution is 0.199. The molecule has 5 nitrogen and oxygen atoms in total. The quantitative estimate of drug-likeness (QED) is 0.871. The molecule has 2 N–H and O–H groups in total. The fourth-order valence-electron chi connectivity index (χ4n) is 2.69. The monoisotopic (exact) mass is 249 g/mol. The lowest BCUT2D eigenvalue weighted by atomic mass is 10.1. The average Bonchev–Trinajstić information content (AvgIpc) is 2.38. The van der Waals surface area contributed by atoms with E-state index in [9.17, 15) is 0 Å². The van der Waals surface area contributed by atoms with Crippen molar-refractivity contribution in [3.8, 4) is 0 Å². The van der Waals surface area contributed by atoms with Crippen LogP contribution < -0.4 is 10.6 Å². The number of aromatic nitrogens is 2. The Balaban J connectivity index is 2.20. The summed E-state index contributed by atoms with van der Waals surface area (Å²) in [7, 11) is 0. The van der Waals surface area contributed by atoms with E-state index < -0.39 is 0 Å². The van der Waals surface area contributed by atoms with Crippen LogP contribution in [-0.4, -0.2) is 47.1 Å². The third-order valence-electron chi connectivity index (χ3n) is 3.78. The number of rotatable bonds is 3. The fourth-order valence-corrected chi connectivity index (χ4v) is 2.69. The Kier molecular flexibility index (Phi) is 4.01. The lowest BCUT2D eigenvalue weighted by Gasteiger charge is -2.40. The Labute approximate surface area is 109 Å². The summed E-state index contributed by atoms with van der Waals surface area (Å²) < 4.78 is 0. The molecule has 1 atom stereocenters. The minimum atomic E-state index is 0.560. The first-order chi connectivity index (χ1) is 8.67. The number of nitrogens with two attached hydrogens (primary N) is 1. The third-order valence-corrected chi connectivity index (χ3v) is 3.78. The van der Waals surface area contributed by atoms with Crippen molar-refractivity contribution in [3.63, 3.8) is 0 Å². The molecule has 100 valence electrons. The topological polar surface area (TPSA) is 58.3 Å². The van der Waals surface area contributed by atoms with Crippen molar-refractivity contribution >= 4 is 11.6 Å². The normalized spacial score (nSPS) is 21.3.